The second kappa shape index (κ2) is 10.4. The summed E-state index contributed by atoms with van der Waals surface area (Å²) in [6.07, 6.45) is -1.82. The number of hydrogen-bond acceptors (Lipinski definition) is 12. The third kappa shape index (κ3) is 3.78. The second-order valence-electron chi connectivity index (χ2n) is 15.6. The van der Waals surface area contributed by atoms with Crippen LogP contribution in [0.1, 0.15) is 85.6 Å². The van der Waals surface area contributed by atoms with Crippen LogP contribution in [0.3, 0.4) is 0 Å². The van der Waals surface area contributed by atoms with Gasteiger partial charge in [0, 0.05) is 42.9 Å². The number of ether oxygens (including phenoxy) is 5. The Bertz CT molecular complexity index is 1490. The first-order valence-electron chi connectivity index (χ1n) is 16.8. The lowest BCUT2D eigenvalue weighted by Gasteiger charge is -2.73. The topological polar surface area (TPSA) is 171 Å². The standard InChI is InChI=1S/C35H46O12/c1-8-16(2)29(41)46-30-31(5)21-12-22(38)33(7)27(34(21,15-43-30)23(39)13-24(31)44-17(3)36)26(40)28(45-18(4)37)32(6)20(19-9-10-42-14-19)11-25-35(32,33)47-25/h9-10,14,16,20-25,27-28,30,38-39H,8,11-13,15H2,1-7H3/t16?,20-,21-,22+,23-,24+,25+,27-,28-,30+,31+,32+,33+,34+,35+/m0/s1. The number of epoxide rings is 1. The Labute approximate surface area is 273 Å². The van der Waals surface area contributed by atoms with Crippen LogP contribution in [0.15, 0.2) is 23.0 Å². The van der Waals surface area contributed by atoms with Crippen LogP contribution in [-0.4, -0.2) is 82.9 Å². The molecular formula is C35H46O12. The highest BCUT2D eigenvalue weighted by Crippen LogP contribution is 2.83. The van der Waals surface area contributed by atoms with Gasteiger partial charge in [-0.2, -0.15) is 0 Å². The molecule has 15 atom stereocenters. The zero-order valence-electron chi connectivity index (χ0n) is 28.0. The predicted octanol–water partition coefficient (Wildman–Crippen LogP) is 3.06. The number of esters is 3. The molecule has 0 aromatic carbocycles. The summed E-state index contributed by atoms with van der Waals surface area (Å²) in [6, 6.07) is 1.84. The van der Waals surface area contributed by atoms with E-state index in [1.54, 1.807) is 26.4 Å². The fourth-order valence-corrected chi connectivity index (χ4v) is 11.5. The molecule has 2 saturated heterocycles. The van der Waals surface area contributed by atoms with Gasteiger partial charge in [0.2, 0.25) is 6.29 Å². The van der Waals surface area contributed by atoms with Gasteiger partial charge in [-0.05, 0) is 43.7 Å². The molecule has 2 bridgehead atoms. The van der Waals surface area contributed by atoms with Gasteiger partial charge in [-0.25, -0.2) is 0 Å². The molecular weight excluding hydrogens is 612 g/mol. The van der Waals surface area contributed by atoms with E-state index in [1.165, 1.54) is 13.8 Å². The molecule has 6 fully saturated rings. The number of furan rings is 1. The van der Waals surface area contributed by atoms with E-state index in [0.717, 1.165) is 5.56 Å². The molecule has 12 heteroatoms. The van der Waals surface area contributed by atoms with Gasteiger partial charge in [-0.15, -0.1) is 0 Å². The van der Waals surface area contributed by atoms with E-state index >= 15 is 4.79 Å². The number of aliphatic hydroxyl groups is 2. The molecule has 4 aliphatic carbocycles. The lowest BCUT2D eigenvalue weighted by atomic mass is 9.33. The van der Waals surface area contributed by atoms with Crippen molar-refractivity contribution >= 4 is 23.7 Å². The van der Waals surface area contributed by atoms with Crippen molar-refractivity contribution in [2.24, 2.45) is 39.4 Å². The highest BCUT2D eigenvalue weighted by Gasteiger charge is 2.92. The molecule has 12 nitrogen and oxygen atoms in total. The monoisotopic (exact) mass is 658 g/mol. The van der Waals surface area contributed by atoms with Gasteiger partial charge < -0.3 is 38.3 Å². The van der Waals surface area contributed by atoms with E-state index in [4.69, 9.17) is 28.1 Å². The summed E-state index contributed by atoms with van der Waals surface area (Å²) < 4.78 is 36.3. The number of rotatable bonds is 6. The summed E-state index contributed by atoms with van der Waals surface area (Å²) in [6.45, 7) is 11.5. The quantitative estimate of drug-likeness (QED) is 0.260. The van der Waals surface area contributed by atoms with Gasteiger partial charge in [0.15, 0.2) is 11.9 Å². The van der Waals surface area contributed by atoms with E-state index in [-0.39, 0.29) is 31.5 Å². The number of hydrogen-bond donors (Lipinski definition) is 2. The van der Waals surface area contributed by atoms with Crippen LogP contribution in [0.4, 0.5) is 0 Å². The molecule has 3 heterocycles. The van der Waals surface area contributed by atoms with Crippen LogP contribution in [0, 0.1) is 39.4 Å². The smallest absolute Gasteiger partial charge is 0.310 e. The molecule has 258 valence electrons. The van der Waals surface area contributed by atoms with Crippen molar-refractivity contribution in [3.05, 3.63) is 24.2 Å². The minimum Gasteiger partial charge on any atom is -0.472 e. The van der Waals surface area contributed by atoms with Gasteiger partial charge in [-0.3, -0.25) is 19.2 Å². The number of aliphatic hydroxyl groups excluding tert-OH is 2. The van der Waals surface area contributed by atoms with E-state index < -0.39 is 99.4 Å². The van der Waals surface area contributed by atoms with Gasteiger partial charge in [-0.1, -0.05) is 27.7 Å². The van der Waals surface area contributed by atoms with Gasteiger partial charge >= 0.3 is 17.9 Å². The Balaban J connectivity index is 1.40. The first-order chi connectivity index (χ1) is 22.1. The van der Waals surface area contributed by atoms with Crippen LogP contribution in [0.2, 0.25) is 0 Å². The minimum absolute atomic E-state index is 0.0479. The van der Waals surface area contributed by atoms with Gasteiger partial charge in [0.25, 0.3) is 0 Å². The third-order valence-electron chi connectivity index (χ3n) is 13.8. The number of Topliss-reactive ketones (excluding diaryl/α,β-unsaturated/α-hetero) is 1. The summed E-state index contributed by atoms with van der Waals surface area (Å²) in [5.41, 5.74) is -5.14. The summed E-state index contributed by atoms with van der Waals surface area (Å²) in [5, 5.41) is 24.7. The van der Waals surface area contributed by atoms with Crippen molar-refractivity contribution in [1.82, 2.24) is 0 Å². The number of fused-ring (bicyclic) bond motifs is 1. The van der Waals surface area contributed by atoms with E-state index in [2.05, 4.69) is 0 Å². The van der Waals surface area contributed by atoms with Gasteiger partial charge in [0.05, 0.1) is 54.2 Å². The average molecular weight is 659 g/mol. The largest absolute Gasteiger partial charge is 0.472 e. The van der Waals surface area contributed by atoms with Crippen molar-refractivity contribution in [2.45, 2.75) is 122 Å². The molecule has 7 rings (SSSR count). The lowest BCUT2D eigenvalue weighted by molar-refractivity contribution is -0.374. The average Bonchev–Trinajstić information content (AvgIpc) is 3.36. The fourth-order valence-electron chi connectivity index (χ4n) is 11.5. The summed E-state index contributed by atoms with van der Waals surface area (Å²) in [5.74, 6) is -4.62. The summed E-state index contributed by atoms with van der Waals surface area (Å²) in [4.78, 5) is 53.6. The molecule has 2 aliphatic heterocycles. The maximum atomic E-state index is 15.3. The molecule has 1 unspecified atom stereocenters. The molecule has 1 spiro atoms. The number of ketones is 1. The van der Waals surface area contributed by atoms with Crippen molar-refractivity contribution in [3.63, 3.8) is 0 Å². The zero-order chi connectivity index (χ0) is 34.1. The Morgan fingerprint density at radius 3 is 2.32 bits per heavy atom. The Kier molecular flexibility index (Phi) is 7.21. The summed E-state index contributed by atoms with van der Waals surface area (Å²) >= 11 is 0. The van der Waals surface area contributed by atoms with E-state index in [1.807, 2.05) is 26.8 Å². The highest BCUT2D eigenvalue weighted by molar-refractivity contribution is 5.93. The molecule has 1 aromatic rings. The van der Waals surface area contributed by atoms with Crippen molar-refractivity contribution in [2.75, 3.05) is 6.61 Å². The SMILES string of the molecule is CCC(C)C(=O)O[C@H]1OC[C@@]23[C@H]4C(=O)[C@H](OC(C)=O)[C@@]5(C)[C@H](c6ccoc6)C[C@H]6O[C@]65[C@]4(C)[C@H](O)C[C@H]2[C@]1(C)[C@H](OC(C)=O)C[C@@H]3O. The Morgan fingerprint density at radius 2 is 1.70 bits per heavy atom. The maximum absolute atomic E-state index is 15.3. The number of carbonyl (C=O) groups is 4. The van der Waals surface area contributed by atoms with Crippen LogP contribution < -0.4 is 0 Å². The molecule has 4 saturated carbocycles. The highest BCUT2D eigenvalue weighted by atomic mass is 16.7. The maximum Gasteiger partial charge on any atom is 0.310 e. The third-order valence-corrected chi connectivity index (χ3v) is 13.8. The van der Waals surface area contributed by atoms with E-state index in [9.17, 15) is 24.6 Å². The number of carbonyl (C=O) groups excluding carboxylic acids is 4. The molecule has 6 aliphatic rings. The fraction of sp³-hybridized carbons (Fsp3) is 0.771. The van der Waals surface area contributed by atoms with Crippen LogP contribution in [0.5, 0.6) is 0 Å². The van der Waals surface area contributed by atoms with E-state index in [0.29, 0.717) is 12.8 Å². The summed E-state index contributed by atoms with van der Waals surface area (Å²) in [7, 11) is 0. The molecule has 0 radical (unpaired) electrons. The predicted molar refractivity (Wildman–Crippen MR) is 160 cm³/mol. The van der Waals surface area contributed by atoms with Crippen LogP contribution >= 0.6 is 0 Å². The first kappa shape index (κ1) is 32.7. The first-order valence-corrected chi connectivity index (χ1v) is 16.8. The van der Waals surface area contributed by atoms with Crippen LogP contribution in [-0.2, 0) is 42.9 Å². The minimum atomic E-state index is -1.32. The second-order valence-corrected chi connectivity index (χ2v) is 15.6. The van der Waals surface area contributed by atoms with Crippen molar-refractivity contribution in [1.29, 1.82) is 0 Å². The van der Waals surface area contributed by atoms with Crippen LogP contribution in [0.25, 0.3) is 0 Å². The molecule has 1 aromatic heterocycles. The van der Waals surface area contributed by atoms with Gasteiger partial charge in [0.1, 0.15) is 11.7 Å². The lowest BCUT2D eigenvalue weighted by Crippen LogP contribution is -2.82. The molecule has 2 N–H and O–H groups in total. The van der Waals surface area contributed by atoms with Crippen molar-refractivity contribution in [3.8, 4) is 0 Å². The Morgan fingerprint density at radius 1 is 1.00 bits per heavy atom. The molecule has 0 amide bonds. The van der Waals surface area contributed by atoms with Crippen molar-refractivity contribution < 1.29 is 57.5 Å². The Hall–Kier alpha value is -2.80. The normalized spacial score (nSPS) is 49.8. The zero-order valence-corrected chi connectivity index (χ0v) is 28.0. The molecule has 47 heavy (non-hydrogen) atoms.